The monoisotopic (exact) mass is 162 g/mol. The zero-order valence-electron chi connectivity index (χ0n) is 8.19. The van der Waals surface area contributed by atoms with Gasteiger partial charge in [-0.3, -0.25) is 0 Å². The lowest BCUT2D eigenvalue weighted by Gasteiger charge is -2.15. The summed E-state index contributed by atoms with van der Waals surface area (Å²) in [6, 6.07) is 0. The summed E-state index contributed by atoms with van der Waals surface area (Å²) in [7, 11) is 0. The predicted octanol–water partition coefficient (Wildman–Crippen LogP) is 4.01. The van der Waals surface area contributed by atoms with Gasteiger partial charge in [0.1, 0.15) is 0 Å². The molecule has 0 amide bonds. The molecule has 0 saturated carbocycles. The molecular weight excluding hydrogens is 144 g/mol. The van der Waals surface area contributed by atoms with Crippen LogP contribution in [0.2, 0.25) is 0 Å². The van der Waals surface area contributed by atoms with Gasteiger partial charge in [-0.25, -0.2) is 0 Å². The Kier molecular flexibility index (Phi) is 3.33. The summed E-state index contributed by atoms with van der Waals surface area (Å²) in [4.78, 5) is 0. The van der Waals surface area contributed by atoms with Crippen LogP contribution in [-0.4, -0.2) is 0 Å². The molecule has 0 atom stereocenters. The minimum atomic E-state index is 1.22. The number of hydrogen-bond donors (Lipinski definition) is 0. The van der Waals surface area contributed by atoms with E-state index in [1.54, 1.807) is 0 Å². The Morgan fingerprint density at radius 3 is 2.25 bits per heavy atom. The van der Waals surface area contributed by atoms with Crippen molar-refractivity contribution in [2.24, 2.45) is 0 Å². The Labute approximate surface area is 75.7 Å². The molecule has 0 unspecified atom stereocenters. The first-order valence-corrected chi connectivity index (χ1v) is 4.73. The fourth-order valence-corrected chi connectivity index (χ4v) is 1.70. The van der Waals surface area contributed by atoms with Crippen LogP contribution in [0, 0.1) is 0 Å². The number of allylic oxidation sites excluding steroid dienone is 5. The Balaban J connectivity index is 2.87. The summed E-state index contributed by atoms with van der Waals surface area (Å²) in [6.45, 7) is 8.16. The van der Waals surface area contributed by atoms with Crippen molar-refractivity contribution in [1.29, 1.82) is 0 Å². The van der Waals surface area contributed by atoms with Crippen molar-refractivity contribution in [2.75, 3.05) is 0 Å². The first-order chi connectivity index (χ1) is 5.74. The second-order valence-electron chi connectivity index (χ2n) is 3.68. The van der Waals surface area contributed by atoms with Gasteiger partial charge in [-0.15, -0.1) is 0 Å². The van der Waals surface area contributed by atoms with Gasteiger partial charge < -0.3 is 0 Å². The lowest BCUT2D eigenvalue weighted by atomic mass is 9.91. The lowest BCUT2D eigenvalue weighted by molar-refractivity contribution is 0.693. The third kappa shape index (κ3) is 2.37. The molecule has 0 aromatic heterocycles. The molecule has 1 rings (SSSR count). The smallest absolute Gasteiger partial charge is 0.0276 e. The molecule has 0 fully saturated rings. The van der Waals surface area contributed by atoms with Crippen molar-refractivity contribution in [3.63, 3.8) is 0 Å². The Hall–Kier alpha value is -0.780. The lowest BCUT2D eigenvalue weighted by Crippen LogP contribution is -1.95. The van der Waals surface area contributed by atoms with Crippen LogP contribution < -0.4 is 0 Å². The fourth-order valence-electron chi connectivity index (χ4n) is 1.70. The first-order valence-electron chi connectivity index (χ1n) is 4.73. The van der Waals surface area contributed by atoms with Crippen molar-refractivity contribution >= 4 is 0 Å². The highest BCUT2D eigenvalue weighted by Gasteiger charge is 2.07. The SMILES string of the molecule is C=CC1=C(C=C(C)C)CCCC1. The largest absolute Gasteiger partial charge is 0.0988 e. The van der Waals surface area contributed by atoms with Gasteiger partial charge in [0.05, 0.1) is 0 Å². The van der Waals surface area contributed by atoms with Crippen molar-refractivity contribution in [2.45, 2.75) is 39.5 Å². The average Bonchev–Trinajstić information content (AvgIpc) is 2.04. The van der Waals surface area contributed by atoms with Gasteiger partial charge in [-0.05, 0) is 50.7 Å². The quantitative estimate of drug-likeness (QED) is 0.575. The van der Waals surface area contributed by atoms with Crippen LogP contribution >= 0.6 is 0 Å². The van der Waals surface area contributed by atoms with Gasteiger partial charge in [-0.1, -0.05) is 24.3 Å². The van der Waals surface area contributed by atoms with E-state index in [-0.39, 0.29) is 0 Å². The minimum Gasteiger partial charge on any atom is -0.0988 e. The van der Waals surface area contributed by atoms with E-state index in [4.69, 9.17) is 0 Å². The van der Waals surface area contributed by atoms with Gasteiger partial charge in [0, 0.05) is 0 Å². The number of hydrogen-bond acceptors (Lipinski definition) is 0. The standard InChI is InChI=1S/C12H18/c1-4-11-7-5-6-8-12(11)9-10(2)3/h4,9H,1,5-8H2,2-3H3. The minimum absolute atomic E-state index is 1.22. The molecule has 0 heteroatoms. The predicted molar refractivity (Wildman–Crippen MR) is 55.1 cm³/mol. The highest BCUT2D eigenvalue weighted by Crippen LogP contribution is 2.26. The normalized spacial score (nSPS) is 17.5. The average molecular weight is 162 g/mol. The van der Waals surface area contributed by atoms with Gasteiger partial charge >= 0.3 is 0 Å². The Morgan fingerprint density at radius 2 is 1.75 bits per heavy atom. The molecule has 0 aliphatic heterocycles. The maximum absolute atomic E-state index is 3.85. The highest BCUT2D eigenvalue weighted by molar-refractivity contribution is 5.35. The molecule has 0 N–H and O–H groups in total. The summed E-state index contributed by atoms with van der Waals surface area (Å²) in [5.41, 5.74) is 4.37. The van der Waals surface area contributed by atoms with E-state index < -0.39 is 0 Å². The molecular formula is C12H18. The van der Waals surface area contributed by atoms with E-state index in [0.29, 0.717) is 0 Å². The summed E-state index contributed by atoms with van der Waals surface area (Å²) >= 11 is 0. The third-order valence-electron chi connectivity index (χ3n) is 2.26. The Bertz CT molecular complexity index is 224. The third-order valence-corrected chi connectivity index (χ3v) is 2.26. The van der Waals surface area contributed by atoms with Crippen molar-refractivity contribution < 1.29 is 0 Å². The molecule has 12 heavy (non-hydrogen) atoms. The van der Waals surface area contributed by atoms with E-state index >= 15 is 0 Å². The summed E-state index contributed by atoms with van der Waals surface area (Å²) in [5.74, 6) is 0. The zero-order valence-corrected chi connectivity index (χ0v) is 8.19. The fraction of sp³-hybridized carbons (Fsp3) is 0.500. The topological polar surface area (TPSA) is 0 Å². The molecule has 1 aliphatic carbocycles. The summed E-state index contributed by atoms with van der Waals surface area (Å²) in [5, 5.41) is 0. The first kappa shape index (κ1) is 9.31. The van der Waals surface area contributed by atoms with Crippen LogP contribution in [0.5, 0.6) is 0 Å². The Morgan fingerprint density at radius 1 is 1.17 bits per heavy atom. The molecule has 0 saturated heterocycles. The second kappa shape index (κ2) is 4.30. The van der Waals surface area contributed by atoms with Crippen LogP contribution in [0.1, 0.15) is 39.5 Å². The van der Waals surface area contributed by atoms with Gasteiger partial charge in [-0.2, -0.15) is 0 Å². The summed E-state index contributed by atoms with van der Waals surface area (Å²) < 4.78 is 0. The maximum atomic E-state index is 3.85. The molecule has 66 valence electrons. The van der Waals surface area contributed by atoms with Gasteiger partial charge in [0.15, 0.2) is 0 Å². The van der Waals surface area contributed by atoms with Gasteiger partial charge in [0.2, 0.25) is 0 Å². The summed E-state index contributed by atoms with van der Waals surface area (Å²) in [6.07, 6.45) is 9.47. The molecule has 1 aliphatic rings. The van der Waals surface area contributed by atoms with Crippen LogP contribution in [0.15, 0.2) is 35.5 Å². The van der Waals surface area contributed by atoms with Crippen LogP contribution in [0.25, 0.3) is 0 Å². The van der Waals surface area contributed by atoms with E-state index in [2.05, 4.69) is 26.5 Å². The molecule has 0 spiro atoms. The van der Waals surface area contributed by atoms with E-state index in [0.717, 1.165) is 0 Å². The molecule has 0 nitrogen and oxygen atoms in total. The molecule has 0 aromatic rings. The van der Waals surface area contributed by atoms with Crippen molar-refractivity contribution in [3.8, 4) is 0 Å². The van der Waals surface area contributed by atoms with E-state index in [1.807, 2.05) is 6.08 Å². The molecule has 0 aromatic carbocycles. The van der Waals surface area contributed by atoms with Crippen molar-refractivity contribution in [1.82, 2.24) is 0 Å². The van der Waals surface area contributed by atoms with E-state index in [1.165, 1.54) is 42.4 Å². The molecule has 0 bridgehead atoms. The molecule has 0 radical (unpaired) electrons. The van der Waals surface area contributed by atoms with Crippen molar-refractivity contribution in [3.05, 3.63) is 35.5 Å². The molecule has 0 heterocycles. The highest BCUT2D eigenvalue weighted by atomic mass is 14.1. The maximum Gasteiger partial charge on any atom is -0.0276 e. The van der Waals surface area contributed by atoms with Crippen LogP contribution in [0.3, 0.4) is 0 Å². The van der Waals surface area contributed by atoms with Crippen LogP contribution in [-0.2, 0) is 0 Å². The zero-order chi connectivity index (χ0) is 8.97. The number of rotatable bonds is 2. The van der Waals surface area contributed by atoms with E-state index in [9.17, 15) is 0 Å². The van der Waals surface area contributed by atoms with Gasteiger partial charge in [0.25, 0.3) is 0 Å². The van der Waals surface area contributed by atoms with Crippen LogP contribution in [0.4, 0.5) is 0 Å². The second-order valence-corrected chi connectivity index (χ2v) is 3.68.